The van der Waals surface area contributed by atoms with Gasteiger partial charge in [0.05, 0.1) is 17.5 Å². The number of benzene rings is 2. The maximum atomic E-state index is 14.4. The molecule has 0 radical (unpaired) electrons. The van der Waals surface area contributed by atoms with Crippen molar-refractivity contribution < 1.29 is 28.3 Å². The zero-order valence-electron chi connectivity index (χ0n) is 26.9. The minimum absolute atomic E-state index is 0.0606. The zero-order chi connectivity index (χ0) is 32.8. The van der Waals surface area contributed by atoms with E-state index in [1.165, 1.54) is 0 Å². The predicted molar refractivity (Wildman–Crippen MR) is 172 cm³/mol. The summed E-state index contributed by atoms with van der Waals surface area (Å²) in [6.07, 6.45) is -1.49. The van der Waals surface area contributed by atoms with Crippen LogP contribution >= 0.6 is 0 Å². The number of hydrogen-bond acceptors (Lipinski definition) is 8. The lowest BCUT2D eigenvalue weighted by molar-refractivity contribution is -0.0419. The Morgan fingerprint density at radius 2 is 1.59 bits per heavy atom. The molecule has 12 heteroatoms. The van der Waals surface area contributed by atoms with Crippen LogP contribution in [0.1, 0.15) is 94.0 Å². The van der Waals surface area contributed by atoms with Gasteiger partial charge in [-0.25, -0.2) is 17.9 Å². The number of sulfonamides is 1. The number of aliphatic hydroxyl groups excluding tert-OH is 1. The lowest BCUT2D eigenvalue weighted by Crippen LogP contribution is -2.58. The molecule has 1 saturated heterocycles. The zero-order valence-corrected chi connectivity index (χ0v) is 27.8. The van der Waals surface area contributed by atoms with E-state index in [0.717, 1.165) is 16.7 Å². The first-order valence-electron chi connectivity index (χ1n) is 15.3. The molecule has 0 saturated carbocycles. The van der Waals surface area contributed by atoms with Gasteiger partial charge in [-0.2, -0.15) is 0 Å². The molecule has 1 heterocycles. The van der Waals surface area contributed by atoms with E-state index in [0.29, 0.717) is 37.3 Å². The molecular weight excluding hydrogens is 582 g/mol. The number of nitrogens with zero attached hydrogens (tertiary/aromatic N) is 3. The van der Waals surface area contributed by atoms with Gasteiger partial charge in [-0.1, -0.05) is 77.0 Å². The average molecular weight is 632 g/mol. The van der Waals surface area contributed by atoms with E-state index in [1.54, 1.807) is 41.0 Å². The Labute approximate surface area is 262 Å². The Morgan fingerprint density at radius 1 is 1.00 bits per heavy atom. The second kappa shape index (κ2) is 15.2. The molecule has 2 atom stereocenters. The molecule has 1 fully saturated rings. The van der Waals surface area contributed by atoms with Crippen LogP contribution in [0, 0.1) is 0 Å². The van der Waals surface area contributed by atoms with E-state index < -0.39 is 28.4 Å². The molecule has 1 amide bonds. The monoisotopic (exact) mass is 631 g/mol. The van der Waals surface area contributed by atoms with Crippen molar-refractivity contribution in [3.05, 3.63) is 64.2 Å². The summed E-state index contributed by atoms with van der Waals surface area (Å²) in [4.78, 5) is 15.8. The van der Waals surface area contributed by atoms with Crippen LogP contribution in [0.5, 0.6) is 0 Å². The van der Waals surface area contributed by atoms with Crippen molar-refractivity contribution in [1.29, 1.82) is 0 Å². The van der Waals surface area contributed by atoms with Gasteiger partial charge in [-0.3, -0.25) is 4.90 Å². The van der Waals surface area contributed by atoms with Gasteiger partial charge >= 0.3 is 6.09 Å². The van der Waals surface area contributed by atoms with E-state index in [4.69, 9.17) is 10.5 Å². The van der Waals surface area contributed by atoms with Crippen molar-refractivity contribution in [3.63, 3.8) is 0 Å². The minimum atomic E-state index is -4.13. The minimum Gasteiger partial charge on any atom is -0.450 e. The number of amidine groups is 1. The number of hydrogen-bond donors (Lipinski definition) is 4. The lowest BCUT2D eigenvalue weighted by atomic mass is 9.89. The Kier molecular flexibility index (Phi) is 12.2. The van der Waals surface area contributed by atoms with Crippen molar-refractivity contribution in [2.45, 2.75) is 89.8 Å². The van der Waals surface area contributed by atoms with Crippen LogP contribution < -0.4 is 10.5 Å². The number of oxime groups is 1. The molecule has 244 valence electrons. The Bertz CT molecular complexity index is 1390. The van der Waals surface area contributed by atoms with Gasteiger partial charge in [0.2, 0.25) is 10.0 Å². The van der Waals surface area contributed by atoms with Gasteiger partial charge in [-0.15, -0.1) is 0 Å². The number of aliphatic hydroxyl groups is 1. The molecule has 5 N–H and O–H groups in total. The average Bonchev–Trinajstić information content (AvgIpc) is 2.99. The summed E-state index contributed by atoms with van der Waals surface area (Å²) in [6, 6.07) is 9.93. The van der Waals surface area contributed by atoms with Crippen molar-refractivity contribution in [2.24, 2.45) is 10.9 Å². The maximum Gasteiger partial charge on any atom is 0.409 e. The third kappa shape index (κ3) is 8.50. The van der Waals surface area contributed by atoms with Gasteiger partial charge in [0.15, 0.2) is 5.84 Å². The van der Waals surface area contributed by atoms with Gasteiger partial charge in [-0.05, 0) is 59.4 Å². The SMILES string of the molecule is CCOC(=O)N1CCN(C(O)C(Cc2cccc(C(N)=NO)c2)NS(=O)(=O)c2c(C(C)C)cc(C(C)C)cc2C(C)C)CC1. The fraction of sp³-hybridized carbons (Fsp3) is 0.562. The van der Waals surface area contributed by atoms with Gasteiger partial charge in [0.25, 0.3) is 0 Å². The third-order valence-electron chi connectivity index (χ3n) is 8.02. The molecule has 1 aliphatic heterocycles. The summed E-state index contributed by atoms with van der Waals surface area (Å²) in [6.45, 7) is 15.5. The molecule has 1 aliphatic rings. The molecule has 0 bridgehead atoms. The summed E-state index contributed by atoms with van der Waals surface area (Å²) < 4.78 is 36.8. The number of carbonyl (C=O) groups excluding carboxylic acids is 1. The van der Waals surface area contributed by atoms with Crippen molar-refractivity contribution >= 4 is 22.0 Å². The Morgan fingerprint density at radius 3 is 2.09 bits per heavy atom. The Balaban J connectivity index is 2.04. The summed E-state index contributed by atoms with van der Waals surface area (Å²) >= 11 is 0. The van der Waals surface area contributed by atoms with Crippen LogP contribution in [0.3, 0.4) is 0 Å². The van der Waals surface area contributed by atoms with E-state index in [2.05, 4.69) is 23.7 Å². The molecule has 0 spiro atoms. The fourth-order valence-electron chi connectivity index (χ4n) is 5.47. The predicted octanol–water partition coefficient (Wildman–Crippen LogP) is 4.13. The molecule has 44 heavy (non-hydrogen) atoms. The van der Waals surface area contributed by atoms with E-state index in [9.17, 15) is 23.5 Å². The number of ether oxygens (including phenoxy) is 1. The topological polar surface area (TPSA) is 158 Å². The number of carbonyl (C=O) groups is 1. The molecule has 0 aliphatic carbocycles. The number of nitrogens with one attached hydrogen (secondary N) is 1. The molecule has 11 nitrogen and oxygen atoms in total. The fourth-order valence-corrected chi connectivity index (χ4v) is 7.40. The van der Waals surface area contributed by atoms with Crippen LogP contribution in [0.2, 0.25) is 0 Å². The van der Waals surface area contributed by atoms with E-state index in [-0.39, 0.29) is 41.5 Å². The Hall–Kier alpha value is -3.19. The number of amides is 1. The summed E-state index contributed by atoms with van der Waals surface area (Å²) in [5.74, 6) is 0.0248. The highest BCUT2D eigenvalue weighted by Gasteiger charge is 2.35. The highest BCUT2D eigenvalue weighted by Crippen LogP contribution is 2.35. The number of piperazine rings is 1. The number of nitrogens with two attached hydrogens (primary N) is 1. The molecule has 2 aromatic carbocycles. The standard InChI is InChI=1S/C32H49N5O6S/c1-8-43-32(39)37-14-12-36(13-15-37)31(38)28(17-23-10-9-11-24(16-23)30(33)34-40)35-44(41,42)29-26(21(4)5)18-25(20(2)3)19-27(29)22(6)7/h9-11,16,18-22,28,31,35,38,40H,8,12-15,17H2,1-7H3,(H2,33,34). The molecule has 0 aromatic heterocycles. The van der Waals surface area contributed by atoms with Crippen LogP contribution in [0.15, 0.2) is 46.4 Å². The third-order valence-corrected chi connectivity index (χ3v) is 9.64. The quantitative estimate of drug-likeness (QED) is 0.118. The lowest BCUT2D eigenvalue weighted by Gasteiger charge is -2.39. The maximum absolute atomic E-state index is 14.4. The molecule has 2 unspecified atom stereocenters. The number of rotatable bonds is 12. The van der Waals surface area contributed by atoms with Gasteiger partial charge in [0, 0.05) is 31.7 Å². The first kappa shape index (κ1) is 35.3. The second-order valence-corrected chi connectivity index (χ2v) is 13.9. The first-order valence-corrected chi connectivity index (χ1v) is 16.8. The largest absolute Gasteiger partial charge is 0.450 e. The van der Waals surface area contributed by atoms with Gasteiger partial charge < -0.3 is 25.7 Å². The van der Waals surface area contributed by atoms with Crippen LogP contribution in [0.25, 0.3) is 0 Å². The molecule has 2 aromatic rings. The molecular formula is C32H49N5O6S. The summed E-state index contributed by atoms with van der Waals surface area (Å²) in [5.41, 5.74) is 9.52. The van der Waals surface area contributed by atoms with Crippen LogP contribution in [0.4, 0.5) is 4.79 Å². The highest BCUT2D eigenvalue weighted by molar-refractivity contribution is 7.89. The normalized spacial score (nSPS) is 16.5. The summed E-state index contributed by atoms with van der Waals surface area (Å²) in [7, 11) is -4.13. The smallest absolute Gasteiger partial charge is 0.409 e. The van der Waals surface area contributed by atoms with Crippen molar-refractivity contribution in [1.82, 2.24) is 14.5 Å². The second-order valence-electron chi connectivity index (χ2n) is 12.2. The molecule has 3 rings (SSSR count). The van der Waals surface area contributed by atoms with Crippen LogP contribution in [-0.2, 0) is 21.2 Å². The van der Waals surface area contributed by atoms with E-state index >= 15 is 0 Å². The highest BCUT2D eigenvalue weighted by atomic mass is 32.2. The first-order chi connectivity index (χ1) is 20.7. The van der Waals surface area contributed by atoms with Crippen LogP contribution in [-0.4, -0.2) is 85.5 Å². The van der Waals surface area contributed by atoms with E-state index in [1.807, 2.05) is 39.8 Å². The van der Waals surface area contributed by atoms with Crippen molar-refractivity contribution in [3.8, 4) is 0 Å². The van der Waals surface area contributed by atoms with Gasteiger partial charge in [0.1, 0.15) is 6.23 Å². The van der Waals surface area contributed by atoms with Crippen molar-refractivity contribution in [2.75, 3.05) is 32.8 Å². The summed E-state index contributed by atoms with van der Waals surface area (Å²) in [5, 5.41) is 24.0.